The molecule has 196 valence electrons. The lowest BCUT2D eigenvalue weighted by Gasteiger charge is -2.26. The number of anilines is 1. The smallest absolute Gasteiger partial charge is 0.308 e. The van der Waals surface area contributed by atoms with E-state index >= 15 is 0 Å². The summed E-state index contributed by atoms with van der Waals surface area (Å²) in [4.78, 5) is 39.8. The number of aliphatic hydroxyl groups excluding tert-OH is 1. The zero-order chi connectivity index (χ0) is 27.8. The standard InChI is InChI=1S/C31H31NO6/c1-18-10-13-21(31(3,4)5)16-25(18)28(34)26-27(20-11-14-23(15-12-20)38-19(2)33)32(30(36)29(26)35)22-8-7-9-24(17-22)37-6/h7-17,27,34H,1-6H3/b28-26+. The van der Waals surface area contributed by atoms with Crippen LogP contribution in [0.4, 0.5) is 5.69 Å². The summed E-state index contributed by atoms with van der Waals surface area (Å²) in [7, 11) is 1.52. The molecule has 3 aromatic carbocycles. The minimum Gasteiger partial charge on any atom is -0.507 e. The Morgan fingerprint density at radius 1 is 0.947 bits per heavy atom. The van der Waals surface area contributed by atoms with Gasteiger partial charge in [-0.05, 0) is 59.4 Å². The average molecular weight is 514 g/mol. The summed E-state index contributed by atoms with van der Waals surface area (Å²) in [6.45, 7) is 9.35. The Balaban J connectivity index is 1.95. The molecular formula is C31H31NO6. The summed E-state index contributed by atoms with van der Waals surface area (Å²) in [5.41, 5.74) is 3.03. The first-order valence-corrected chi connectivity index (χ1v) is 12.3. The van der Waals surface area contributed by atoms with Crippen LogP contribution >= 0.6 is 0 Å². The second kappa shape index (κ2) is 10.2. The molecule has 7 nitrogen and oxygen atoms in total. The summed E-state index contributed by atoms with van der Waals surface area (Å²) in [5, 5.41) is 11.6. The van der Waals surface area contributed by atoms with E-state index < -0.39 is 23.7 Å². The third-order valence-electron chi connectivity index (χ3n) is 6.59. The highest BCUT2D eigenvalue weighted by molar-refractivity contribution is 6.51. The van der Waals surface area contributed by atoms with E-state index in [1.54, 1.807) is 48.5 Å². The van der Waals surface area contributed by atoms with Crippen LogP contribution in [0, 0.1) is 6.92 Å². The van der Waals surface area contributed by atoms with Crippen molar-refractivity contribution in [2.75, 3.05) is 12.0 Å². The van der Waals surface area contributed by atoms with Gasteiger partial charge in [0.05, 0.1) is 18.7 Å². The van der Waals surface area contributed by atoms with Gasteiger partial charge in [0.25, 0.3) is 11.7 Å². The molecule has 1 fully saturated rings. The van der Waals surface area contributed by atoms with Gasteiger partial charge in [0.15, 0.2) is 0 Å². The van der Waals surface area contributed by atoms with Crippen molar-refractivity contribution in [1.82, 2.24) is 0 Å². The maximum atomic E-state index is 13.5. The molecule has 1 amide bonds. The number of esters is 1. The van der Waals surface area contributed by atoms with Crippen LogP contribution in [0.15, 0.2) is 72.3 Å². The largest absolute Gasteiger partial charge is 0.507 e. The first-order chi connectivity index (χ1) is 17.9. The molecule has 0 bridgehead atoms. The van der Waals surface area contributed by atoms with E-state index in [1.807, 2.05) is 25.1 Å². The Bertz CT molecular complexity index is 1450. The maximum absolute atomic E-state index is 13.5. The molecule has 0 radical (unpaired) electrons. The number of carbonyl (C=O) groups is 3. The number of Topliss-reactive ketones (excluding diaryl/α,β-unsaturated/α-hetero) is 1. The monoisotopic (exact) mass is 513 g/mol. The molecule has 3 aromatic rings. The molecule has 38 heavy (non-hydrogen) atoms. The van der Waals surface area contributed by atoms with Crippen LogP contribution < -0.4 is 14.4 Å². The van der Waals surface area contributed by atoms with Crippen LogP contribution in [-0.2, 0) is 19.8 Å². The number of ether oxygens (including phenoxy) is 2. The van der Waals surface area contributed by atoms with Crippen LogP contribution in [-0.4, -0.2) is 29.9 Å². The highest BCUT2D eigenvalue weighted by Gasteiger charge is 2.47. The molecule has 0 saturated carbocycles. The molecule has 1 saturated heterocycles. The number of carbonyl (C=O) groups excluding carboxylic acids is 3. The van der Waals surface area contributed by atoms with Gasteiger partial charge in [-0.25, -0.2) is 0 Å². The van der Waals surface area contributed by atoms with Gasteiger partial charge in [0.2, 0.25) is 0 Å². The molecule has 1 atom stereocenters. The first-order valence-electron chi connectivity index (χ1n) is 12.3. The van der Waals surface area contributed by atoms with Crippen LogP contribution in [0.1, 0.15) is 56.0 Å². The summed E-state index contributed by atoms with van der Waals surface area (Å²) in [6.07, 6.45) is 0. The van der Waals surface area contributed by atoms with Gasteiger partial charge in [-0.3, -0.25) is 19.3 Å². The van der Waals surface area contributed by atoms with Gasteiger partial charge in [-0.15, -0.1) is 0 Å². The number of aliphatic hydroxyl groups is 1. The second-order valence-electron chi connectivity index (χ2n) is 10.3. The van der Waals surface area contributed by atoms with Crippen LogP contribution in [0.5, 0.6) is 11.5 Å². The number of benzene rings is 3. The van der Waals surface area contributed by atoms with Crippen molar-refractivity contribution in [3.05, 3.63) is 94.6 Å². The molecular weight excluding hydrogens is 482 g/mol. The predicted molar refractivity (Wildman–Crippen MR) is 145 cm³/mol. The molecule has 1 N–H and O–H groups in total. The Kier molecular flexibility index (Phi) is 7.14. The van der Waals surface area contributed by atoms with Gasteiger partial charge in [-0.2, -0.15) is 0 Å². The SMILES string of the molecule is COc1cccc(N2C(=O)C(=O)/C(=C(/O)c3cc(C(C)(C)C)ccc3C)C2c2ccc(OC(C)=O)cc2)c1. The number of amides is 1. The third-order valence-corrected chi connectivity index (χ3v) is 6.59. The highest BCUT2D eigenvalue weighted by atomic mass is 16.5. The van der Waals surface area contributed by atoms with Crippen LogP contribution in [0.2, 0.25) is 0 Å². The molecule has 0 spiro atoms. The van der Waals surface area contributed by atoms with Crippen molar-refractivity contribution in [3.63, 3.8) is 0 Å². The molecule has 7 heteroatoms. The van der Waals surface area contributed by atoms with E-state index in [0.29, 0.717) is 28.3 Å². The number of rotatable bonds is 5. The lowest BCUT2D eigenvalue weighted by atomic mass is 9.84. The number of methoxy groups -OCH3 is 1. The van der Waals surface area contributed by atoms with Crippen molar-refractivity contribution in [2.45, 2.75) is 46.1 Å². The van der Waals surface area contributed by atoms with E-state index in [0.717, 1.165) is 11.1 Å². The summed E-state index contributed by atoms with van der Waals surface area (Å²) in [6, 6.07) is 18.2. The molecule has 0 aromatic heterocycles. The van der Waals surface area contributed by atoms with Gasteiger partial charge in [-0.1, -0.05) is 51.1 Å². The quantitative estimate of drug-likeness (QED) is 0.151. The van der Waals surface area contributed by atoms with Crippen molar-refractivity contribution < 1.29 is 29.0 Å². The third kappa shape index (κ3) is 5.05. The molecule has 1 unspecified atom stereocenters. The average Bonchev–Trinajstić information content (AvgIpc) is 3.13. The maximum Gasteiger partial charge on any atom is 0.308 e. The first kappa shape index (κ1) is 26.7. The van der Waals surface area contributed by atoms with E-state index in [1.165, 1.54) is 18.9 Å². The number of nitrogens with zero attached hydrogens (tertiary/aromatic N) is 1. The van der Waals surface area contributed by atoms with Crippen LogP contribution in [0.25, 0.3) is 5.76 Å². The zero-order valence-corrected chi connectivity index (χ0v) is 22.4. The Morgan fingerprint density at radius 2 is 1.63 bits per heavy atom. The van der Waals surface area contributed by atoms with E-state index in [9.17, 15) is 19.5 Å². The van der Waals surface area contributed by atoms with Crippen LogP contribution in [0.3, 0.4) is 0 Å². The summed E-state index contributed by atoms with van der Waals surface area (Å²) < 4.78 is 10.5. The number of aryl methyl sites for hydroxylation is 1. The van der Waals surface area contributed by atoms with E-state index in [2.05, 4.69) is 20.8 Å². The van der Waals surface area contributed by atoms with Gasteiger partial charge in [0, 0.05) is 24.2 Å². The molecule has 1 heterocycles. The van der Waals surface area contributed by atoms with Crippen molar-refractivity contribution >= 4 is 29.1 Å². The highest BCUT2D eigenvalue weighted by Crippen LogP contribution is 2.43. The summed E-state index contributed by atoms with van der Waals surface area (Å²) >= 11 is 0. The fourth-order valence-corrected chi connectivity index (χ4v) is 4.55. The van der Waals surface area contributed by atoms with Gasteiger partial charge in [0.1, 0.15) is 17.3 Å². The number of hydrogen-bond acceptors (Lipinski definition) is 6. The fraction of sp³-hybridized carbons (Fsp3) is 0.258. The zero-order valence-electron chi connectivity index (χ0n) is 22.4. The molecule has 0 aliphatic carbocycles. The summed E-state index contributed by atoms with van der Waals surface area (Å²) in [5.74, 6) is -1.42. The Morgan fingerprint density at radius 3 is 2.24 bits per heavy atom. The molecule has 4 rings (SSSR count). The minimum absolute atomic E-state index is 0.0211. The predicted octanol–water partition coefficient (Wildman–Crippen LogP) is 5.85. The lowest BCUT2D eigenvalue weighted by Crippen LogP contribution is -2.29. The van der Waals surface area contributed by atoms with Gasteiger partial charge >= 0.3 is 5.97 Å². The Hall–Kier alpha value is -4.39. The number of hydrogen-bond donors (Lipinski definition) is 1. The Labute approximate surface area is 222 Å². The lowest BCUT2D eigenvalue weighted by molar-refractivity contribution is -0.132. The van der Waals surface area contributed by atoms with Crippen molar-refractivity contribution in [2.24, 2.45) is 0 Å². The molecule has 1 aliphatic rings. The normalized spacial score (nSPS) is 17.0. The van der Waals surface area contributed by atoms with E-state index in [-0.39, 0.29) is 16.7 Å². The number of ketones is 1. The fourth-order valence-electron chi connectivity index (χ4n) is 4.55. The van der Waals surface area contributed by atoms with Crippen molar-refractivity contribution in [1.29, 1.82) is 0 Å². The minimum atomic E-state index is -0.925. The van der Waals surface area contributed by atoms with Gasteiger partial charge < -0.3 is 14.6 Å². The van der Waals surface area contributed by atoms with E-state index in [4.69, 9.17) is 9.47 Å². The van der Waals surface area contributed by atoms with Crippen molar-refractivity contribution in [3.8, 4) is 11.5 Å². The topological polar surface area (TPSA) is 93.1 Å². The second-order valence-corrected chi connectivity index (χ2v) is 10.3. The molecule has 1 aliphatic heterocycles.